The van der Waals surface area contributed by atoms with E-state index >= 15 is 4.79 Å². The minimum atomic E-state index is -0.841. The number of fused-ring (bicyclic) bond motifs is 1. The van der Waals surface area contributed by atoms with Crippen LogP contribution in [-0.4, -0.2) is 85.5 Å². The van der Waals surface area contributed by atoms with Crippen LogP contribution in [0.3, 0.4) is 0 Å². The lowest BCUT2D eigenvalue weighted by atomic mass is 9.61. The van der Waals surface area contributed by atoms with Gasteiger partial charge in [0, 0.05) is 110 Å². The van der Waals surface area contributed by atoms with Gasteiger partial charge in [-0.2, -0.15) is 0 Å². The highest BCUT2D eigenvalue weighted by Gasteiger charge is 2.60. The number of hydrogen-bond donors (Lipinski definition) is 7. The Balaban J connectivity index is 0.961. The van der Waals surface area contributed by atoms with Crippen molar-refractivity contribution in [1.82, 2.24) is 14.9 Å². The second kappa shape index (κ2) is 24.3. The first-order chi connectivity index (χ1) is 45.8. The number of dihydropyridines is 1. The molecule has 95 heavy (non-hydrogen) atoms. The highest BCUT2D eigenvalue weighted by atomic mass is 16.5. The number of Topliss-reactive ketones (excluding diaryl/α,β-unsaturated/α-hetero) is 2. The standard InChI is InChI=1S/C80H88N4O11/c1-47-8-5-10-57-11-7-13-63-65-42-81-41-55(65)39-80(47,57)21-17-61(94-49(3)87)35-60(90)37-68-54-32-70(91)75(71(33-54)93-4)95-62-30-50(29-59(89)36-62)28-51-16-20-77(38-56(51)44-85)22-23-78(45-77)24-25-79(46-78)40-69-74-64(76(79)92)14-15-67(66(74)43-84(68)69)83(27-19-48(2)86)72-34-53(18-26-82-72)73(63)52-9-6-12-58(88)31-52/h5-6,8-10,12,14-15,18,29-34,36,41-43,47,51,56,61,63,68,73,76,81-82,85,88-89,91-92H,11,16-17,19-28,35,37-40,44-46H2,1-4H3/t47-,51-,56+,61+,63-,68-,73+,76+,77-,78-,79-,80-/m0/s1. The topological polar surface area (TPSA) is 216 Å². The number of methoxy groups -OCH3 is 1. The number of phenolic OH excluding ortho intramolecular Hbond substituents is 3. The van der Waals surface area contributed by atoms with Gasteiger partial charge in [0.1, 0.15) is 40.7 Å². The molecule has 0 unspecified atom stereocenters. The zero-order chi connectivity index (χ0) is 65.7. The number of allylic oxidation sites excluding steroid dienone is 6. The molecule has 6 aromatic rings. The highest BCUT2D eigenvalue weighted by Crippen LogP contribution is 2.70. The molecular weight excluding hydrogens is 1190 g/mol. The lowest BCUT2D eigenvalue weighted by Gasteiger charge is -2.44. The van der Waals surface area contributed by atoms with Crippen LogP contribution in [0, 0.1) is 51.3 Å². The van der Waals surface area contributed by atoms with Gasteiger partial charge in [-0.05, 0) is 213 Å². The summed E-state index contributed by atoms with van der Waals surface area (Å²) in [5.74, 6) is 7.60. The summed E-state index contributed by atoms with van der Waals surface area (Å²) >= 11 is 0. The molecule has 0 radical (unpaired) electrons. The summed E-state index contributed by atoms with van der Waals surface area (Å²) in [7, 11) is 1.51. The number of aromatic nitrogens is 2. The Labute approximate surface area is 556 Å². The number of nitrogens with zero attached hydrogens (tertiary/aromatic N) is 2. The molecule has 3 saturated carbocycles. The molecule has 7 N–H and O–H groups in total. The maximum Gasteiger partial charge on any atom is 0.302 e. The molecule has 6 aliphatic heterocycles. The summed E-state index contributed by atoms with van der Waals surface area (Å²) in [6, 6.07) is 19.5. The van der Waals surface area contributed by atoms with Crippen LogP contribution in [0.4, 0.5) is 5.69 Å². The molecule has 15 nitrogen and oxygen atoms in total. The molecule has 8 heterocycles. The molecule has 18 rings (SSSR count). The third kappa shape index (κ3) is 11.2. The summed E-state index contributed by atoms with van der Waals surface area (Å²) in [5.41, 5.74) is 8.08. The van der Waals surface area contributed by atoms with Gasteiger partial charge in [0.05, 0.1) is 30.9 Å². The molecule has 12 atom stereocenters. The number of ketones is 2. The quantitative estimate of drug-likeness (QED) is 0.0586. The minimum Gasteiger partial charge on any atom is -0.508 e. The molecule has 4 aromatic carbocycles. The first-order valence-corrected chi connectivity index (χ1v) is 34.6. The molecule has 3 fully saturated rings. The lowest BCUT2D eigenvalue weighted by Crippen LogP contribution is -2.37. The monoisotopic (exact) mass is 1280 g/mol. The number of aliphatic hydroxyl groups is 2. The molecule has 494 valence electrons. The number of aromatic amines is 1. The van der Waals surface area contributed by atoms with E-state index in [4.69, 9.17) is 14.2 Å². The van der Waals surface area contributed by atoms with Gasteiger partial charge in [0.2, 0.25) is 5.75 Å². The van der Waals surface area contributed by atoms with Crippen molar-refractivity contribution in [2.75, 3.05) is 31.7 Å². The van der Waals surface area contributed by atoms with Crippen molar-refractivity contribution >= 4 is 34.0 Å². The van der Waals surface area contributed by atoms with Crippen LogP contribution in [0.2, 0.25) is 0 Å². The lowest BCUT2D eigenvalue weighted by molar-refractivity contribution is -0.148. The average Bonchev–Trinajstić information content (AvgIpc) is 1.56. The van der Waals surface area contributed by atoms with Crippen LogP contribution >= 0.6 is 0 Å². The predicted octanol–water partition coefficient (Wildman–Crippen LogP) is 14.2. The molecule has 2 aromatic heterocycles. The number of benzene rings is 4. The number of rotatable bonds is 7. The normalized spacial score (nSPS) is 30.7. The van der Waals surface area contributed by atoms with Gasteiger partial charge in [-0.1, -0.05) is 66.8 Å². The van der Waals surface area contributed by atoms with Crippen molar-refractivity contribution in [2.45, 2.75) is 166 Å². The number of carbonyl (C=O) groups is 3. The van der Waals surface area contributed by atoms with Crippen molar-refractivity contribution in [3.05, 3.63) is 172 Å². The number of H-pyrrole nitrogens is 1. The maximum absolute atomic E-state index is 15.9. The SMILES string of the molecule is COc1cc2cc(O)c1Oc1cc(O)cc(c1)C[C@@H]1CC[C@]3(CC[C@]4(CC[C@]5(Cc6c7c(ccc8c7cn6[C@H]2CC(=O)C[C@H](OC(C)=O)CC[C@@]26Cc7c[nH]cc7[C@H](C#CCC2=CC=C[C@@H]6C)[C@H](c2cccc(O)c2)C2=CCNC(=C2)N8CCC(C)=O)[C@H]5O)C4)C3)C[C@@H]1CO. The minimum absolute atomic E-state index is 0.0119. The van der Waals surface area contributed by atoms with Gasteiger partial charge in [-0.25, -0.2) is 0 Å². The van der Waals surface area contributed by atoms with E-state index in [2.05, 4.69) is 106 Å². The largest absolute Gasteiger partial charge is 0.508 e. The number of phenols is 3. The van der Waals surface area contributed by atoms with E-state index in [9.17, 15) is 35.1 Å². The zero-order valence-corrected chi connectivity index (χ0v) is 55.0. The summed E-state index contributed by atoms with van der Waals surface area (Å²) in [4.78, 5) is 48.5. The molecule has 0 amide bonds. The van der Waals surface area contributed by atoms with Crippen LogP contribution < -0.4 is 19.7 Å². The van der Waals surface area contributed by atoms with Gasteiger partial charge in [-0.15, -0.1) is 0 Å². The first kappa shape index (κ1) is 62.7. The van der Waals surface area contributed by atoms with Gasteiger partial charge in [0.25, 0.3) is 0 Å². The first-order valence-electron chi connectivity index (χ1n) is 34.6. The van der Waals surface area contributed by atoms with Crippen LogP contribution in [0.25, 0.3) is 10.8 Å². The van der Waals surface area contributed by atoms with Gasteiger partial charge < -0.3 is 59.5 Å². The Hall–Kier alpha value is -8.45. The zero-order valence-electron chi connectivity index (χ0n) is 55.0. The van der Waals surface area contributed by atoms with E-state index in [0.717, 1.165) is 119 Å². The van der Waals surface area contributed by atoms with E-state index in [1.54, 1.807) is 25.1 Å². The van der Waals surface area contributed by atoms with Crippen LogP contribution in [-0.2, 0) is 38.4 Å². The Morgan fingerprint density at radius 2 is 1.73 bits per heavy atom. The third-order valence-electron chi connectivity index (χ3n) is 24.3. The van der Waals surface area contributed by atoms with E-state index in [-0.39, 0.29) is 107 Å². The molecule has 4 spiro atoms. The van der Waals surface area contributed by atoms with Gasteiger partial charge in [0.15, 0.2) is 11.5 Å². The fourth-order valence-electron chi connectivity index (χ4n) is 19.9. The number of hydrogen-bond acceptors (Lipinski definition) is 13. The fraction of sp³-hybridized carbons (Fsp3) is 0.463. The molecule has 12 aliphatic rings. The van der Waals surface area contributed by atoms with Crippen molar-refractivity contribution in [3.8, 4) is 46.3 Å². The van der Waals surface area contributed by atoms with Crippen molar-refractivity contribution in [3.63, 3.8) is 0 Å². The summed E-state index contributed by atoms with van der Waals surface area (Å²) < 4.78 is 21.3. The smallest absolute Gasteiger partial charge is 0.302 e. The van der Waals surface area contributed by atoms with Crippen LogP contribution in [0.15, 0.2) is 133 Å². The van der Waals surface area contributed by atoms with Crippen molar-refractivity contribution < 1.29 is 54.1 Å². The number of carbonyl (C=O) groups excluding carboxylic acids is 3. The van der Waals surface area contributed by atoms with Crippen molar-refractivity contribution in [2.24, 2.45) is 39.4 Å². The Bertz CT molecular complexity index is 4290. The number of nitrogens with one attached hydrogen (secondary N) is 2. The molecule has 15 bridgehead atoms. The second-order valence-electron chi connectivity index (χ2n) is 30.0. The van der Waals surface area contributed by atoms with E-state index in [1.165, 1.54) is 25.7 Å². The number of anilines is 1. The molecular formula is C80H88N4O11. The number of ether oxygens (including phenoxy) is 3. The maximum atomic E-state index is 15.9. The Morgan fingerprint density at radius 1 is 0.874 bits per heavy atom. The number of aliphatic hydroxyl groups excluding tert-OH is 2. The predicted molar refractivity (Wildman–Crippen MR) is 363 cm³/mol. The Morgan fingerprint density at radius 3 is 2.55 bits per heavy atom. The number of aromatic hydroxyl groups is 3. The van der Waals surface area contributed by atoms with Gasteiger partial charge in [-0.3, -0.25) is 14.4 Å². The average molecular weight is 1280 g/mol. The second-order valence-corrected chi connectivity index (χ2v) is 30.0. The molecule has 15 heteroatoms. The molecule has 0 saturated heterocycles. The van der Waals surface area contributed by atoms with Crippen molar-refractivity contribution in [1.29, 1.82) is 0 Å². The van der Waals surface area contributed by atoms with Crippen LogP contribution in [0.1, 0.15) is 180 Å². The van der Waals surface area contributed by atoms with E-state index in [1.807, 2.05) is 24.3 Å². The summed E-state index contributed by atoms with van der Waals surface area (Å²) in [5, 5.41) is 65.4. The Kier molecular flexibility index (Phi) is 16.0. The number of esters is 1. The third-order valence-corrected chi connectivity index (χ3v) is 24.3. The molecule has 6 aliphatic carbocycles. The van der Waals surface area contributed by atoms with Crippen LogP contribution in [0.5, 0.6) is 34.5 Å². The van der Waals surface area contributed by atoms with E-state index < -0.39 is 35.0 Å². The summed E-state index contributed by atoms with van der Waals surface area (Å²) in [6.45, 7) is 6.06. The summed E-state index contributed by atoms with van der Waals surface area (Å²) in [6.07, 6.45) is 27.4. The van der Waals surface area contributed by atoms with E-state index in [0.29, 0.717) is 62.9 Å². The highest BCUT2D eigenvalue weighted by molar-refractivity contribution is 6.00. The van der Waals surface area contributed by atoms with Gasteiger partial charge >= 0.3 is 5.97 Å². The fourth-order valence-corrected chi connectivity index (χ4v) is 19.9.